The molecule has 0 spiro atoms. The van der Waals surface area contributed by atoms with Crippen molar-refractivity contribution in [2.24, 2.45) is 0 Å². The molecule has 0 unspecified atom stereocenters. The van der Waals surface area contributed by atoms with Gasteiger partial charge in [0.25, 0.3) is 0 Å². The normalized spacial score (nSPS) is 13.0. The van der Waals surface area contributed by atoms with Crippen LogP contribution in [0.4, 0.5) is 22.7 Å². The fourth-order valence-corrected chi connectivity index (χ4v) is 8.98. The van der Waals surface area contributed by atoms with Crippen LogP contribution in [0, 0.1) is 18.8 Å². The van der Waals surface area contributed by atoms with E-state index in [9.17, 15) is 0 Å². The minimum absolute atomic E-state index is 0. The average Bonchev–Trinajstić information content (AvgIpc) is 3.94. The number of benzene rings is 7. The standard InChI is InChI=1S/C56H46N5O.Pt/c1-55(2,3)37-26-29-51(60-46-21-10-7-18-42(46)43-19-8-11-22-47(43)60)53(32-37)59-36-58(49-24-13-14-25-50(49)59)39-16-15-17-40(34-39)62-41-27-28-45-44-20-9-12-23-48(44)61(52(45)35-41)54-33-38(30-31-57-54)56(4,5)6;/h7-33,36H,1-6H3;/q-3;. The number of anilines is 4. The quantitative estimate of drug-likeness (QED) is 0.156. The molecule has 0 saturated heterocycles. The number of aromatic nitrogens is 3. The van der Waals surface area contributed by atoms with Gasteiger partial charge >= 0.3 is 0 Å². The Hall–Kier alpha value is -6.62. The third-order valence-electron chi connectivity index (χ3n) is 12.2. The van der Waals surface area contributed by atoms with Crippen molar-refractivity contribution in [2.75, 3.05) is 9.80 Å². The number of pyridine rings is 1. The Morgan fingerprint density at radius 2 is 1.05 bits per heavy atom. The molecule has 1 aliphatic heterocycles. The molecule has 3 aromatic heterocycles. The zero-order valence-electron chi connectivity index (χ0n) is 36.1. The van der Waals surface area contributed by atoms with Crippen LogP contribution in [0.1, 0.15) is 52.7 Å². The first-order valence-electron chi connectivity index (χ1n) is 21.3. The Morgan fingerprint density at radius 1 is 0.476 bits per heavy atom. The molecule has 11 rings (SSSR count). The molecule has 0 amide bonds. The second kappa shape index (κ2) is 15.3. The van der Waals surface area contributed by atoms with E-state index in [2.05, 4.69) is 219 Å². The summed E-state index contributed by atoms with van der Waals surface area (Å²) in [7, 11) is 0. The van der Waals surface area contributed by atoms with Crippen LogP contribution < -0.4 is 14.5 Å². The van der Waals surface area contributed by atoms with Gasteiger partial charge in [-0.25, -0.2) is 4.98 Å². The van der Waals surface area contributed by atoms with Gasteiger partial charge in [0, 0.05) is 72.1 Å². The molecular formula is C56H46N5OPt-3. The molecule has 0 N–H and O–H groups in total. The molecule has 7 aromatic carbocycles. The number of rotatable bonds is 6. The zero-order valence-corrected chi connectivity index (χ0v) is 38.4. The Labute approximate surface area is 383 Å². The van der Waals surface area contributed by atoms with E-state index in [1.54, 1.807) is 0 Å². The van der Waals surface area contributed by atoms with Crippen LogP contribution in [0.2, 0.25) is 0 Å². The molecule has 10 aromatic rings. The van der Waals surface area contributed by atoms with E-state index >= 15 is 0 Å². The third-order valence-corrected chi connectivity index (χ3v) is 12.2. The van der Waals surface area contributed by atoms with E-state index in [1.165, 1.54) is 32.9 Å². The number of hydrogen-bond donors (Lipinski definition) is 0. The molecule has 314 valence electrons. The summed E-state index contributed by atoms with van der Waals surface area (Å²) in [6.07, 6.45) is 1.90. The Balaban J connectivity index is 0.00000471. The number of para-hydroxylation sites is 5. The van der Waals surface area contributed by atoms with Gasteiger partial charge in [0.15, 0.2) is 0 Å². The second-order valence-corrected chi connectivity index (χ2v) is 18.3. The van der Waals surface area contributed by atoms with E-state index in [0.29, 0.717) is 11.5 Å². The summed E-state index contributed by atoms with van der Waals surface area (Å²) in [5, 5.41) is 4.70. The minimum Gasteiger partial charge on any atom is -0.509 e. The maximum atomic E-state index is 6.65. The molecule has 63 heavy (non-hydrogen) atoms. The van der Waals surface area contributed by atoms with Crippen LogP contribution in [-0.4, -0.2) is 14.1 Å². The van der Waals surface area contributed by atoms with Gasteiger partial charge in [-0.1, -0.05) is 120 Å². The predicted octanol–water partition coefficient (Wildman–Crippen LogP) is 14.7. The van der Waals surface area contributed by atoms with Crippen LogP contribution in [0.25, 0.3) is 55.1 Å². The molecule has 0 fully saturated rings. The first kappa shape index (κ1) is 40.5. The molecule has 4 heterocycles. The van der Waals surface area contributed by atoms with E-state index in [-0.39, 0.29) is 31.9 Å². The second-order valence-electron chi connectivity index (χ2n) is 18.3. The van der Waals surface area contributed by atoms with Crippen molar-refractivity contribution in [3.63, 3.8) is 0 Å². The predicted molar refractivity (Wildman–Crippen MR) is 256 cm³/mol. The SMILES string of the molecule is CC(C)(C)c1ccnc(-n2c3[c-]c(Oc4[c-]c(N5[CH-]N(c6cc(C(C)(C)C)ccc6-n6c7ccccc7c7ccccc76)c6ccccc65)ccc4)ccc3c3ccccc32)c1.[Pt]. The van der Waals surface area contributed by atoms with Crippen LogP contribution >= 0.6 is 0 Å². The molecule has 6 nitrogen and oxygen atoms in total. The van der Waals surface area contributed by atoms with E-state index in [1.807, 2.05) is 24.4 Å². The Kier molecular flexibility index (Phi) is 9.84. The number of nitrogens with zero attached hydrogens (tertiary/aromatic N) is 5. The summed E-state index contributed by atoms with van der Waals surface area (Å²) in [4.78, 5) is 9.39. The van der Waals surface area contributed by atoms with Gasteiger partial charge in [-0.3, -0.25) is 0 Å². The smallest absolute Gasteiger partial charge is 0.135 e. The monoisotopic (exact) mass is 999 g/mol. The first-order valence-corrected chi connectivity index (χ1v) is 21.3. The van der Waals surface area contributed by atoms with Crippen molar-refractivity contribution in [1.29, 1.82) is 0 Å². The summed E-state index contributed by atoms with van der Waals surface area (Å²) in [6.45, 7) is 15.7. The van der Waals surface area contributed by atoms with Gasteiger partial charge in [0.05, 0.1) is 16.7 Å². The maximum Gasteiger partial charge on any atom is 0.135 e. The van der Waals surface area contributed by atoms with Gasteiger partial charge in [-0.15, -0.1) is 48.1 Å². The molecule has 0 saturated carbocycles. The van der Waals surface area contributed by atoms with E-state index in [4.69, 9.17) is 9.72 Å². The van der Waals surface area contributed by atoms with Crippen molar-refractivity contribution >= 4 is 66.4 Å². The maximum absolute atomic E-state index is 6.65. The summed E-state index contributed by atoms with van der Waals surface area (Å²) < 4.78 is 11.3. The van der Waals surface area contributed by atoms with Gasteiger partial charge in [-0.05, 0) is 81.9 Å². The Bertz CT molecular complexity index is 3310. The van der Waals surface area contributed by atoms with E-state index < -0.39 is 0 Å². The number of fused-ring (bicyclic) bond motifs is 7. The molecule has 0 atom stereocenters. The molecule has 0 radical (unpaired) electrons. The van der Waals surface area contributed by atoms with Crippen LogP contribution in [0.15, 0.2) is 164 Å². The molecule has 0 aliphatic carbocycles. The molecule has 1 aliphatic rings. The third kappa shape index (κ3) is 6.89. The van der Waals surface area contributed by atoms with Crippen molar-refractivity contribution < 1.29 is 25.8 Å². The zero-order chi connectivity index (χ0) is 42.3. The fraction of sp³-hybridized carbons (Fsp3) is 0.143. The van der Waals surface area contributed by atoms with Crippen LogP contribution in [0.5, 0.6) is 11.5 Å². The summed E-state index contributed by atoms with van der Waals surface area (Å²) in [6, 6.07) is 63.1. The van der Waals surface area contributed by atoms with Crippen molar-refractivity contribution in [2.45, 2.75) is 52.4 Å². The van der Waals surface area contributed by atoms with Gasteiger partial charge in [0.2, 0.25) is 0 Å². The summed E-state index contributed by atoms with van der Waals surface area (Å²) >= 11 is 0. The van der Waals surface area contributed by atoms with Crippen molar-refractivity contribution in [3.05, 3.63) is 194 Å². The van der Waals surface area contributed by atoms with Crippen molar-refractivity contribution in [3.8, 4) is 23.0 Å². The molecular weight excluding hydrogens is 954 g/mol. The van der Waals surface area contributed by atoms with Gasteiger partial charge in [0.1, 0.15) is 5.82 Å². The molecule has 0 bridgehead atoms. The number of ether oxygens (including phenoxy) is 1. The summed E-state index contributed by atoms with van der Waals surface area (Å²) in [5.74, 6) is 2.05. The largest absolute Gasteiger partial charge is 0.509 e. The Morgan fingerprint density at radius 3 is 1.71 bits per heavy atom. The van der Waals surface area contributed by atoms with Crippen LogP contribution in [-0.2, 0) is 31.9 Å². The summed E-state index contributed by atoms with van der Waals surface area (Å²) in [5.41, 5.74) is 11.9. The fourth-order valence-electron chi connectivity index (χ4n) is 8.98. The molecule has 7 heteroatoms. The first-order chi connectivity index (χ1) is 30.0. The number of hydrogen-bond acceptors (Lipinski definition) is 4. The van der Waals surface area contributed by atoms with Gasteiger partial charge in [-0.2, -0.15) is 12.1 Å². The topological polar surface area (TPSA) is 38.5 Å². The van der Waals surface area contributed by atoms with Crippen molar-refractivity contribution in [1.82, 2.24) is 14.1 Å². The average molecular weight is 1000 g/mol. The van der Waals surface area contributed by atoms with E-state index in [0.717, 1.165) is 56.1 Å². The van der Waals surface area contributed by atoms with Gasteiger partial charge < -0.3 is 23.7 Å². The van der Waals surface area contributed by atoms with Crippen LogP contribution in [0.3, 0.4) is 0 Å². The minimum atomic E-state index is -0.0617.